The molecule has 1 N–H and O–H groups in total. The fraction of sp³-hybridized carbons (Fsp3) is 0.188. The van der Waals surface area contributed by atoms with Gasteiger partial charge in [0.1, 0.15) is 0 Å². The summed E-state index contributed by atoms with van der Waals surface area (Å²) in [6.45, 7) is 1.67. The van der Waals surface area contributed by atoms with E-state index in [0.29, 0.717) is 0 Å². The van der Waals surface area contributed by atoms with Crippen molar-refractivity contribution in [2.24, 2.45) is 5.16 Å². The summed E-state index contributed by atoms with van der Waals surface area (Å²) in [6.07, 6.45) is 0.751. The molecular formula is C16H15ClN2O. The van der Waals surface area contributed by atoms with Crippen LogP contribution in [0.4, 0.5) is 5.69 Å². The Hall–Kier alpha value is -2.00. The molecule has 0 saturated heterocycles. The van der Waals surface area contributed by atoms with Crippen LogP contribution in [0.3, 0.4) is 0 Å². The zero-order chi connectivity index (χ0) is 13.9. The summed E-state index contributed by atoms with van der Waals surface area (Å²) in [5.74, 6) is 0. The molecular weight excluding hydrogens is 272 g/mol. The van der Waals surface area contributed by atoms with E-state index in [1.807, 2.05) is 42.5 Å². The molecule has 3 rings (SSSR count). The summed E-state index contributed by atoms with van der Waals surface area (Å²) in [6, 6.07) is 15.9. The van der Waals surface area contributed by atoms with Gasteiger partial charge in [0.15, 0.2) is 0 Å². The Morgan fingerprint density at radius 3 is 2.60 bits per heavy atom. The van der Waals surface area contributed by atoms with E-state index in [2.05, 4.69) is 16.1 Å². The number of anilines is 1. The molecule has 4 heteroatoms. The molecule has 0 aromatic heterocycles. The maximum atomic E-state index is 9.10. The van der Waals surface area contributed by atoms with Crippen molar-refractivity contribution in [1.82, 2.24) is 0 Å². The molecule has 1 heterocycles. The molecule has 102 valence electrons. The number of rotatable bonds is 2. The van der Waals surface area contributed by atoms with Gasteiger partial charge in [-0.15, -0.1) is 0 Å². The standard InChI is InChI=1S/C16H15ClN2O/c17-13-7-5-12(6-8-13)11-19-10-9-15(18-20)14-3-1-2-4-16(14)19/h1-8,20H,9-11H2. The average molecular weight is 287 g/mol. The van der Waals surface area contributed by atoms with Gasteiger partial charge in [0.25, 0.3) is 0 Å². The van der Waals surface area contributed by atoms with Crippen LogP contribution in [0.1, 0.15) is 17.5 Å². The molecule has 3 nitrogen and oxygen atoms in total. The predicted octanol–water partition coefficient (Wildman–Crippen LogP) is 3.93. The third-order valence-electron chi connectivity index (χ3n) is 3.58. The molecule has 0 aliphatic carbocycles. The van der Waals surface area contributed by atoms with Crippen molar-refractivity contribution >= 4 is 23.0 Å². The number of hydrogen-bond acceptors (Lipinski definition) is 3. The molecule has 0 amide bonds. The normalized spacial score (nSPS) is 16.2. The summed E-state index contributed by atoms with van der Waals surface area (Å²) in [7, 11) is 0. The second-order valence-electron chi connectivity index (χ2n) is 4.86. The lowest BCUT2D eigenvalue weighted by Gasteiger charge is -2.31. The van der Waals surface area contributed by atoms with Gasteiger partial charge in [0, 0.05) is 35.8 Å². The van der Waals surface area contributed by atoms with E-state index in [-0.39, 0.29) is 0 Å². The molecule has 0 atom stereocenters. The van der Waals surface area contributed by atoms with Gasteiger partial charge in [0.05, 0.1) is 5.71 Å². The van der Waals surface area contributed by atoms with E-state index in [1.165, 1.54) is 5.56 Å². The van der Waals surface area contributed by atoms with Gasteiger partial charge < -0.3 is 10.1 Å². The lowest BCUT2D eigenvalue weighted by Crippen LogP contribution is -2.31. The van der Waals surface area contributed by atoms with Crippen LogP contribution in [0.2, 0.25) is 5.02 Å². The SMILES string of the molecule is ON=C1CCN(Cc2ccc(Cl)cc2)c2ccccc21. The number of hydrogen-bond donors (Lipinski definition) is 1. The van der Waals surface area contributed by atoms with Crippen molar-refractivity contribution in [1.29, 1.82) is 0 Å². The van der Waals surface area contributed by atoms with E-state index in [4.69, 9.17) is 16.8 Å². The molecule has 0 saturated carbocycles. The summed E-state index contributed by atoms with van der Waals surface area (Å²) in [4.78, 5) is 2.30. The second kappa shape index (κ2) is 5.55. The Balaban J connectivity index is 1.90. The van der Waals surface area contributed by atoms with E-state index in [9.17, 15) is 0 Å². The van der Waals surface area contributed by atoms with E-state index < -0.39 is 0 Å². The summed E-state index contributed by atoms with van der Waals surface area (Å²) in [5, 5.41) is 13.3. The van der Waals surface area contributed by atoms with Crippen molar-refractivity contribution in [3.05, 3.63) is 64.7 Å². The highest BCUT2D eigenvalue weighted by molar-refractivity contribution is 6.30. The molecule has 1 aliphatic heterocycles. The maximum absolute atomic E-state index is 9.10. The predicted molar refractivity (Wildman–Crippen MR) is 81.9 cm³/mol. The number of para-hydroxylation sites is 1. The second-order valence-corrected chi connectivity index (χ2v) is 5.30. The van der Waals surface area contributed by atoms with Crippen LogP contribution in [0.15, 0.2) is 53.7 Å². The molecule has 0 bridgehead atoms. The van der Waals surface area contributed by atoms with E-state index in [1.54, 1.807) is 0 Å². The summed E-state index contributed by atoms with van der Waals surface area (Å²) < 4.78 is 0. The highest BCUT2D eigenvalue weighted by atomic mass is 35.5. The number of benzene rings is 2. The minimum absolute atomic E-state index is 0.751. The largest absolute Gasteiger partial charge is 0.411 e. The van der Waals surface area contributed by atoms with Crippen LogP contribution in [0.25, 0.3) is 0 Å². The average Bonchev–Trinajstić information content (AvgIpc) is 2.50. The van der Waals surface area contributed by atoms with Gasteiger partial charge >= 0.3 is 0 Å². The molecule has 20 heavy (non-hydrogen) atoms. The van der Waals surface area contributed by atoms with Crippen molar-refractivity contribution in [2.45, 2.75) is 13.0 Å². The van der Waals surface area contributed by atoms with Crippen LogP contribution < -0.4 is 4.90 Å². The van der Waals surface area contributed by atoms with Crippen LogP contribution in [0.5, 0.6) is 0 Å². The van der Waals surface area contributed by atoms with Crippen LogP contribution >= 0.6 is 11.6 Å². The van der Waals surface area contributed by atoms with Crippen molar-refractivity contribution < 1.29 is 5.21 Å². The van der Waals surface area contributed by atoms with E-state index in [0.717, 1.165) is 41.5 Å². The number of halogens is 1. The van der Waals surface area contributed by atoms with Crippen LogP contribution in [0, 0.1) is 0 Å². The lowest BCUT2D eigenvalue weighted by molar-refractivity contribution is 0.317. The Labute approximate surface area is 123 Å². The van der Waals surface area contributed by atoms with Gasteiger partial charge in [0.2, 0.25) is 0 Å². The van der Waals surface area contributed by atoms with Gasteiger partial charge in [-0.05, 0) is 23.8 Å². The highest BCUT2D eigenvalue weighted by Gasteiger charge is 2.21. The lowest BCUT2D eigenvalue weighted by atomic mass is 9.99. The molecule has 1 aliphatic rings. The Morgan fingerprint density at radius 1 is 1.10 bits per heavy atom. The third-order valence-corrected chi connectivity index (χ3v) is 3.83. The maximum Gasteiger partial charge on any atom is 0.0906 e. The first kappa shape index (κ1) is 13.0. The Kier molecular flexibility index (Phi) is 3.61. The summed E-state index contributed by atoms with van der Waals surface area (Å²) in [5.41, 5.74) is 4.10. The Bertz CT molecular complexity index is 637. The first-order valence-corrected chi connectivity index (χ1v) is 6.95. The van der Waals surface area contributed by atoms with Gasteiger partial charge in [-0.25, -0.2) is 0 Å². The number of nitrogens with zero attached hydrogens (tertiary/aromatic N) is 2. The molecule has 0 unspecified atom stereocenters. The molecule has 0 spiro atoms. The fourth-order valence-corrected chi connectivity index (χ4v) is 2.69. The van der Waals surface area contributed by atoms with Gasteiger partial charge in [-0.1, -0.05) is 47.1 Å². The first-order chi connectivity index (χ1) is 9.78. The molecule has 2 aromatic carbocycles. The number of oxime groups is 1. The van der Waals surface area contributed by atoms with Crippen molar-refractivity contribution in [2.75, 3.05) is 11.4 Å². The first-order valence-electron chi connectivity index (χ1n) is 6.57. The van der Waals surface area contributed by atoms with Crippen LogP contribution in [-0.4, -0.2) is 17.5 Å². The number of fused-ring (bicyclic) bond motifs is 1. The van der Waals surface area contributed by atoms with Gasteiger partial charge in [-0.3, -0.25) is 0 Å². The molecule has 0 radical (unpaired) electrons. The third kappa shape index (κ3) is 2.49. The van der Waals surface area contributed by atoms with E-state index >= 15 is 0 Å². The minimum Gasteiger partial charge on any atom is -0.411 e. The van der Waals surface area contributed by atoms with Crippen molar-refractivity contribution in [3.63, 3.8) is 0 Å². The Morgan fingerprint density at radius 2 is 1.85 bits per heavy atom. The quantitative estimate of drug-likeness (QED) is 0.671. The van der Waals surface area contributed by atoms with Crippen molar-refractivity contribution in [3.8, 4) is 0 Å². The fourth-order valence-electron chi connectivity index (χ4n) is 2.57. The smallest absolute Gasteiger partial charge is 0.0906 e. The molecule has 2 aromatic rings. The zero-order valence-corrected chi connectivity index (χ0v) is 11.7. The highest BCUT2D eigenvalue weighted by Crippen LogP contribution is 2.28. The minimum atomic E-state index is 0.751. The van der Waals surface area contributed by atoms with Crippen LogP contribution in [-0.2, 0) is 6.54 Å². The summed E-state index contributed by atoms with van der Waals surface area (Å²) >= 11 is 5.92. The molecule has 0 fully saturated rings. The zero-order valence-electron chi connectivity index (χ0n) is 11.0. The topological polar surface area (TPSA) is 35.8 Å². The monoisotopic (exact) mass is 286 g/mol. The van der Waals surface area contributed by atoms with Gasteiger partial charge in [-0.2, -0.15) is 0 Å².